The summed E-state index contributed by atoms with van der Waals surface area (Å²) >= 11 is 5.51. The van der Waals surface area contributed by atoms with Crippen LogP contribution in [0.3, 0.4) is 0 Å². The average Bonchev–Trinajstić information content (AvgIpc) is 2.77. The average molecular weight is 243 g/mol. The Morgan fingerprint density at radius 1 is 1.44 bits per heavy atom. The van der Waals surface area contributed by atoms with Crippen LogP contribution < -0.4 is 4.74 Å². The minimum absolute atomic E-state index is 0.102. The zero-order chi connectivity index (χ0) is 11.5. The predicted octanol–water partition coefficient (Wildman–Crippen LogP) is 2.62. The Morgan fingerprint density at radius 3 is 2.81 bits per heavy atom. The van der Waals surface area contributed by atoms with Crippen molar-refractivity contribution in [2.24, 2.45) is 0 Å². The fourth-order valence-electron chi connectivity index (χ4n) is 1.21. The van der Waals surface area contributed by atoms with Crippen LogP contribution in [0.15, 0.2) is 22.6 Å². The summed E-state index contributed by atoms with van der Waals surface area (Å²) in [5, 5.41) is 7.34. The lowest BCUT2D eigenvalue weighted by molar-refractivity contribution is 0.411. The summed E-state index contributed by atoms with van der Waals surface area (Å²) < 4.78 is 23.6. The van der Waals surface area contributed by atoms with Crippen LogP contribution >= 0.6 is 11.6 Å². The third-order valence-corrected chi connectivity index (χ3v) is 2.22. The van der Waals surface area contributed by atoms with Gasteiger partial charge in [0.05, 0.1) is 12.7 Å². The first kappa shape index (κ1) is 10.9. The van der Waals surface area contributed by atoms with E-state index >= 15 is 0 Å². The molecule has 84 valence electrons. The molecule has 0 atom stereocenters. The van der Waals surface area contributed by atoms with Gasteiger partial charge in [-0.05, 0) is 12.1 Å². The topological polar surface area (TPSA) is 48.2 Å². The molecule has 1 heterocycles. The van der Waals surface area contributed by atoms with Crippen LogP contribution in [-0.2, 0) is 5.88 Å². The number of hydrogen-bond acceptors (Lipinski definition) is 4. The molecule has 0 saturated carbocycles. The van der Waals surface area contributed by atoms with Crippen molar-refractivity contribution < 1.29 is 13.5 Å². The third-order valence-electron chi connectivity index (χ3n) is 1.99. The fraction of sp³-hybridized carbons (Fsp3) is 0.200. The number of ether oxygens (including phenoxy) is 1. The van der Waals surface area contributed by atoms with E-state index in [0.717, 1.165) is 0 Å². The normalized spacial score (nSPS) is 10.4. The molecule has 0 aliphatic rings. The van der Waals surface area contributed by atoms with Crippen molar-refractivity contribution in [3.63, 3.8) is 0 Å². The summed E-state index contributed by atoms with van der Waals surface area (Å²) in [5.41, 5.74) is 0.227. The smallest absolute Gasteiger partial charge is 0.250 e. The molecule has 16 heavy (non-hydrogen) atoms. The molecule has 0 radical (unpaired) electrons. The highest BCUT2D eigenvalue weighted by Crippen LogP contribution is 2.25. The van der Waals surface area contributed by atoms with Gasteiger partial charge in [0.2, 0.25) is 5.89 Å². The Balaban J connectivity index is 2.40. The maximum atomic E-state index is 13.6. The molecule has 6 heteroatoms. The van der Waals surface area contributed by atoms with Gasteiger partial charge in [-0.1, -0.05) is 0 Å². The van der Waals surface area contributed by atoms with Crippen molar-refractivity contribution >= 4 is 11.6 Å². The molecule has 0 fully saturated rings. The molecule has 1 aromatic heterocycles. The molecule has 0 aliphatic carbocycles. The molecule has 0 bridgehead atoms. The molecule has 0 amide bonds. The van der Waals surface area contributed by atoms with Crippen LogP contribution in [0.4, 0.5) is 4.39 Å². The van der Waals surface area contributed by atoms with Gasteiger partial charge in [0.1, 0.15) is 17.4 Å². The van der Waals surface area contributed by atoms with Gasteiger partial charge >= 0.3 is 0 Å². The van der Waals surface area contributed by atoms with Gasteiger partial charge in [0.15, 0.2) is 0 Å². The number of nitrogens with zero attached hydrogens (tertiary/aromatic N) is 2. The van der Waals surface area contributed by atoms with Crippen molar-refractivity contribution in [3.05, 3.63) is 29.9 Å². The van der Waals surface area contributed by atoms with Gasteiger partial charge in [-0.2, -0.15) is 0 Å². The minimum Gasteiger partial charge on any atom is -0.497 e. The molecular formula is C10H8ClFN2O2. The summed E-state index contributed by atoms with van der Waals surface area (Å²) in [4.78, 5) is 0. The van der Waals surface area contributed by atoms with Gasteiger partial charge in [-0.3, -0.25) is 0 Å². The Morgan fingerprint density at radius 2 is 2.25 bits per heavy atom. The number of hydrogen-bond donors (Lipinski definition) is 0. The van der Waals surface area contributed by atoms with Gasteiger partial charge in [0, 0.05) is 6.07 Å². The largest absolute Gasteiger partial charge is 0.497 e. The number of halogens is 2. The predicted molar refractivity (Wildman–Crippen MR) is 55.8 cm³/mol. The molecule has 0 unspecified atom stereocenters. The summed E-state index contributed by atoms with van der Waals surface area (Å²) in [6.07, 6.45) is 0. The molecule has 0 saturated heterocycles. The Kier molecular flexibility index (Phi) is 3.05. The summed E-state index contributed by atoms with van der Waals surface area (Å²) in [6, 6.07) is 4.38. The fourth-order valence-corrected chi connectivity index (χ4v) is 1.32. The van der Waals surface area contributed by atoms with Crippen molar-refractivity contribution in [1.29, 1.82) is 0 Å². The van der Waals surface area contributed by atoms with Crippen LogP contribution in [0, 0.1) is 5.82 Å². The van der Waals surface area contributed by atoms with Crippen LogP contribution in [0.2, 0.25) is 0 Å². The highest BCUT2D eigenvalue weighted by atomic mass is 35.5. The molecule has 2 aromatic rings. The van der Waals surface area contributed by atoms with E-state index in [1.165, 1.54) is 19.2 Å². The van der Waals surface area contributed by atoms with E-state index in [-0.39, 0.29) is 23.2 Å². The highest BCUT2D eigenvalue weighted by Gasteiger charge is 2.13. The molecule has 0 aliphatic heterocycles. The van der Waals surface area contributed by atoms with Crippen LogP contribution in [0.1, 0.15) is 5.89 Å². The zero-order valence-corrected chi connectivity index (χ0v) is 9.16. The van der Waals surface area contributed by atoms with E-state index in [1.807, 2.05) is 0 Å². The van der Waals surface area contributed by atoms with E-state index in [2.05, 4.69) is 10.2 Å². The van der Waals surface area contributed by atoms with Gasteiger partial charge < -0.3 is 9.15 Å². The first-order valence-corrected chi connectivity index (χ1v) is 5.00. The van der Waals surface area contributed by atoms with E-state index in [4.69, 9.17) is 20.8 Å². The maximum Gasteiger partial charge on any atom is 0.250 e. The molecule has 2 rings (SSSR count). The molecule has 0 spiro atoms. The lowest BCUT2D eigenvalue weighted by Gasteiger charge is -2.01. The summed E-state index contributed by atoms with van der Waals surface area (Å²) in [5.74, 6) is 0.412. The van der Waals surface area contributed by atoms with E-state index < -0.39 is 5.82 Å². The molecule has 4 nitrogen and oxygen atoms in total. The SMILES string of the molecule is COc1ccc(-c2nnc(CCl)o2)c(F)c1. The second kappa shape index (κ2) is 4.49. The number of rotatable bonds is 3. The standard InChI is InChI=1S/C10H8ClFN2O2/c1-15-6-2-3-7(8(12)4-6)10-14-13-9(5-11)16-10/h2-4H,5H2,1H3. The highest BCUT2D eigenvalue weighted by molar-refractivity contribution is 6.16. The van der Waals surface area contributed by atoms with E-state index in [1.54, 1.807) is 6.07 Å². The number of benzene rings is 1. The number of aromatic nitrogens is 2. The van der Waals surface area contributed by atoms with Gasteiger partial charge in [-0.25, -0.2) is 4.39 Å². The maximum absolute atomic E-state index is 13.6. The molecule has 0 N–H and O–H groups in total. The van der Waals surface area contributed by atoms with Gasteiger partial charge in [0.25, 0.3) is 5.89 Å². The van der Waals surface area contributed by atoms with Crippen LogP contribution in [0.25, 0.3) is 11.5 Å². The van der Waals surface area contributed by atoms with Crippen molar-refractivity contribution in [1.82, 2.24) is 10.2 Å². The Hall–Kier alpha value is -1.62. The molecular weight excluding hydrogens is 235 g/mol. The van der Waals surface area contributed by atoms with Crippen LogP contribution in [0.5, 0.6) is 5.75 Å². The lowest BCUT2D eigenvalue weighted by atomic mass is 10.2. The monoisotopic (exact) mass is 242 g/mol. The van der Waals surface area contributed by atoms with Gasteiger partial charge in [-0.15, -0.1) is 21.8 Å². The Bertz CT molecular complexity index is 501. The minimum atomic E-state index is -0.482. The Labute approximate surface area is 96.0 Å². The summed E-state index contributed by atoms with van der Waals surface area (Å²) in [7, 11) is 1.47. The van der Waals surface area contributed by atoms with E-state index in [0.29, 0.717) is 5.75 Å². The summed E-state index contributed by atoms with van der Waals surface area (Å²) in [6.45, 7) is 0. The first-order chi connectivity index (χ1) is 7.74. The number of alkyl halides is 1. The van der Waals surface area contributed by atoms with Crippen molar-refractivity contribution in [2.45, 2.75) is 5.88 Å². The quantitative estimate of drug-likeness (QED) is 0.777. The van der Waals surface area contributed by atoms with Crippen LogP contribution in [-0.4, -0.2) is 17.3 Å². The second-order valence-electron chi connectivity index (χ2n) is 2.98. The third kappa shape index (κ3) is 1.99. The first-order valence-electron chi connectivity index (χ1n) is 4.47. The van der Waals surface area contributed by atoms with Crippen molar-refractivity contribution in [3.8, 4) is 17.2 Å². The second-order valence-corrected chi connectivity index (χ2v) is 3.25. The zero-order valence-electron chi connectivity index (χ0n) is 8.41. The lowest BCUT2D eigenvalue weighted by Crippen LogP contribution is -1.88. The van der Waals surface area contributed by atoms with E-state index in [9.17, 15) is 4.39 Å². The van der Waals surface area contributed by atoms with Crippen molar-refractivity contribution in [2.75, 3.05) is 7.11 Å². The molecule has 1 aromatic carbocycles. The number of methoxy groups -OCH3 is 1.